The number of aromatic nitrogens is 2. The molecule has 104 valence electrons. The molecule has 0 saturated heterocycles. The van der Waals surface area contributed by atoms with Crippen molar-refractivity contribution in [2.24, 2.45) is 5.73 Å². The summed E-state index contributed by atoms with van der Waals surface area (Å²) in [6.45, 7) is 0.500. The fraction of sp³-hybridized carbons (Fsp3) is 0.308. The summed E-state index contributed by atoms with van der Waals surface area (Å²) in [6.07, 6.45) is 3.16. The molecule has 20 heavy (non-hydrogen) atoms. The fourth-order valence-electron chi connectivity index (χ4n) is 2.37. The van der Waals surface area contributed by atoms with Crippen molar-refractivity contribution >= 4 is 34.4 Å². The molecule has 0 spiro atoms. The number of rotatable bonds is 4. The van der Waals surface area contributed by atoms with Crippen LogP contribution in [0.3, 0.4) is 0 Å². The molecule has 5 nitrogen and oxygen atoms in total. The van der Waals surface area contributed by atoms with Crippen LogP contribution < -0.4 is 15.9 Å². The SMILES string of the molecule is NC(=S)c1cc2c(nc1NCc1csc(=O)[nH]1)CCC2. The summed E-state index contributed by atoms with van der Waals surface area (Å²) >= 11 is 6.25. The Morgan fingerprint density at radius 2 is 2.40 bits per heavy atom. The van der Waals surface area contributed by atoms with Gasteiger partial charge in [-0.3, -0.25) is 4.79 Å². The summed E-state index contributed by atoms with van der Waals surface area (Å²) in [5.74, 6) is 0.699. The van der Waals surface area contributed by atoms with E-state index in [1.165, 1.54) is 5.56 Å². The van der Waals surface area contributed by atoms with Gasteiger partial charge < -0.3 is 16.0 Å². The summed E-state index contributed by atoms with van der Waals surface area (Å²) in [7, 11) is 0. The van der Waals surface area contributed by atoms with Crippen LogP contribution in [-0.2, 0) is 19.4 Å². The Morgan fingerprint density at radius 3 is 3.10 bits per heavy atom. The van der Waals surface area contributed by atoms with Crippen LogP contribution in [0.5, 0.6) is 0 Å². The lowest BCUT2D eigenvalue weighted by atomic mass is 10.1. The van der Waals surface area contributed by atoms with Crippen LogP contribution in [0.25, 0.3) is 0 Å². The average molecular weight is 306 g/mol. The van der Waals surface area contributed by atoms with Gasteiger partial charge in [-0.15, -0.1) is 0 Å². The van der Waals surface area contributed by atoms with Crippen LogP contribution in [0.2, 0.25) is 0 Å². The van der Waals surface area contributed by atoms with Gasteiger partial charge in [0.1, 0.15) is 10.8 Å². The monoisotopic (exact) mass is 306 g/mol. The predicted molar refractivity (Wildman–Crippen MR) is 84.4 cm³/mol. The minimum Gasteiger partial charge on any atom is -0.389 e. The van der Waals surface area contributed by atoms with Gasteiger partial charge in [-0.1, -0.05) is 23.6 Å². The largest absolute Gasteiger partial charge is 0.389 e. The molecule has 0 unspecified atom stereocenters. The first-order valence-corrected chi connectivity index (χ1v) is 7.65. The average Bonchev–Trinajstić information content (AvgIpc) is 3.03. The van der Waals surface area contributed by atoms with Gasteiger partial charge in [-0.2, -0.15) is 0 Å². The van der Waals surface area contributed by atoms with E-state index in [9.17, 15) is 4.79 Å². The fourth-order valence-corrected chi connectivity index (χ4v) is 3.11. The van der Waals surface area contributed by atoms with Gasteiger partial charge in [0, 0.05) is 16.8 Å². The van der Waals surface area contributed by atoms with Crippen LogP contribution in [0, 0.1) is 0 Å². The molecule has 3 rings (SSSR count). The van der Waals surface area contributed by atoms with E-state index in [1.54, 1.807) is 5.38 Å². The van der Waals surface area contributed by atoms with E-state index in [4.69, 9.17) is 18.0 Å². The van der Waals surface area contributed by atoms with Gasteiger partial charge in [0.05, 0.1) is 12.1 Å². The number of thiocarbonyl (C=S) groups is 1. The molecule has 2 aromatic heterocycles. The molecule has 0 bridgehead atoms. The molecule has 0 aliphatic heterocycles. The molecule has 1 aliphatic carbocycles. The van der Waals surface area contributed by atoms with Crippen molar-refractivity contribution in [3.05, 3.63) is 43.6 Å². The predicted octanol–water partition coefficient (Wildman–Crippen LogP) is 1.57. The topological polar surface area (TPSA) is 83.8 Å². The molecule has 2 heterocycles. The van der Waals surface area contributed by atoms with Gasteiger partial charge in [0.15, 0.2) is 0 Å². The zero-order chi connectivity index (χ0) is 14.1. The van der Waals surface area contributed by atoms with Gasteiger partial charge >= 0.3 is 4.87 Å². The number of nitrogens with one attached hydrogen (secondary N) is 2. The summed E-state index contributed by atoms with van der Waals surface area (Å²) in [5.41, 5.74) is 9.74. The summed E-state index contributed by atoms with van der Waals surface area (Å²) < 4.78 is 0. The number of fused-ring (bicyclic) bond motifs is 1. The van der Waals surface area contributed by atoms with Crippen molar-refractivity contribution in [3.63, 3.8) is 0 Å². The number of hydrogen-bond acceptors (Lipinski definition) is 5. The number of aryl methyl sites for hydroxylation is 2. The molecule has 7 heteroatoms. The number of H-pyrrole nitrogens is 1. The highest BCUT2D eigenvalue weighted by molar-refractivity contribution is 7.80. The Labute approximate surface area is 125 Å². The highest BCUT2D eigenvalue weighted by Gasteiger charge is 2.17. The number of pyridine rings is 1. The Morgan fingerprint density at radius 1 is 1.55 bits per heavy atom. The molecule has 2 aromatic rings. The first-order chi connectivity index (χ1) is 9.63. The van der Waals surface area contributed by atoms with Crippen molar-refractivity contribution < 1.29 is 0 Å². The van der Waals surface area contributed by atoms with Crippen molar-refractivity contribution in [2.75, 3.05) is 5.32 Å². The number of nitrogens with two attached hydrogens (primary N) is 1. The molecule has 0 atom stereocenters. The molecular weight excluding hydrogens is 292 g/mol. The lowest BCUT2D eigenvalue weighted by Gasteiger charge is -2.12. The van der Waals surface area contributed by atoms with Crippen molar-refractivity contribution in [1.82, 2.24) is 9.97 Å². The smallest absolute Gasteiger partial charge is 0.304 e. The van der Waals surface area contributed by atoms with Crippen LogP contribution in [0.1, 0.15) is 28.9 Å². The maximum Gasteiger partial charge on any atom is 0.304 e. The lowest BCUT2D eigenvalue weighted by molar-refractivity contribution is 0.898. The number of aromatic amines is 1. The van der Waals surface area contributed by atoms with E-state index >= 15 is 0 Å². The molecule has 0 amide bonds. The van der Waals surface area contributed by atoms with E-state index in [1.807, 2.05) is 6.07 Å². The van der Waals surface area contributed by atoms with Crippen LogP contribution >= 0.6 is 23.6 Å². The minimum absolute atomic E-state index is 0.0571. The molecule has 4 N–H and O–H groups in total. The standard InChI is InChI=1S/C13H14N4OS2/c14-11(19)9-4-7-2-1-3-10(7)17-12(9)15-5-8-6-20-13(18)16-8/h4,6H,1-3,5H2,(H2,14,19)(H,15,17)(H,16,18). The van der Waals surface area contributed by atoms with E-state index in [-0.39, 0.29) is 4.87 Å². The van der Waals surface area contributed by atoms with E-state index < -0.39 is 0 Å². The van der Waals surface area contributed by atoms with E-state index in [0.29, 0.717) is 17.4 Å². The zero-order valence-electron chi connectivity index (χ0n) is 10.7. The van der Waals surface area contributed by atoms with Crippen molar-refractivity contribution in [2.45, 2.75) is 25.8 Å². The van der Waals surface area contributed by atoms with Crippen molar-refractivity contribution in [1.29, 1.82) is 0 Å². The number of hydrogen-bond donors (Lipinski definition) is 3. The first-order valence-electron chi connectivity index (χ1n) is 6.36. The molecule has 1 aliphatic rings. The number of nitrogens with zero attached hydrogens (tertiary/aromatic N) is 1. The highest BCUT2D eigenvalue weighted by Crippen LogP contribution is 2.25. The van der Waals surface area contributed by atoms with Gasteiger partial charge in [0.2, 0.25) is 0 Å². The Hall–Kier alpha value is -1.73. The van der Waals surface area contributed by atoms with Gasteiger partial charge in [-0.05, 0) is 30.9 Å². The van der Waals surface area contributed by atoms with E-state index in [2.05, 4.69) is 15.3 Å². The molecule has 0 aromatic carbocycles. The Kier molecular flexibility index (Phi) is 3.54. The third-order valence-electron chi connectivity index (χ3n) is 3.33. The number of thiazole rings is 1. The molecule has 0 fully saturated rings. The second kappa shape index (κ2) is 5.34. The molecule has 0 radical (unpaired) electrons. The summed E-state index contributed by atoms with van der Waals surface area (Å²) in [5, 5.41) is 5.01. The highest BCUT2D eigenvalue weighted by atomic mass is 32.1. The quantitative estimate of drug-likeness (QED) is 0.747. The number of anilines is 1. The van der Waals surface area contributed by atoms with Crippen LogP contribution in [-0.4, -0.2) is 15.0 Å². The van der Waals surface area contributed by atoms with E-state index in [0.717, 1.165) is 47.6 Å². The maximum absolute atomic E-state index is 11.1. The van der Waals surface area contributed by atoms with Gasteiger partial charge in [-0.25, -0.2) is 4.98 Å². The third-order valence-corrected chi connectivity index (χ3v) is 4.27. The molecule has 0 saturated carbocycles. The Bertz CT molecular complexity index is 719. The van der Waals surface area contributed by atoms with Crippen LogP contribution in [0.15, 0.2) is 16.2 Å². The minimum atomic E-state index is -0.0571. The summed E-state index contributed by atoms with van der Waals surface area (Å²) in [6, 6.07) is 2.04. The Balaban J connectivity index is 1.87. The van der Waals surface area contributed by atoms with Crippen LogP contribution in [0.4, 0.5) is 5.82 Å². The van der Waals surface area contributed by atoms with Crippen molar-refractivity contribution in [3.8, 4) is 0 Å². The zero-order valence-corrected chi connectivity index (χ0v) is 12.4. The maximum atomic E-state index is 11.1. The lowest BCUT2D eigenvalue weighted by Crippen LogP contribution is -2.16. The second-order valence-corrected chi connectivity index (χ2v) is 6.02. The van der Waals surface area contributed by atoms with Gasteiger partial charge in [0.25, 0.3) is 0 Å². The third kappa shape index (κ3) is 2.59. The summed E-state index contributed by atoms with van der Waals surface area (Å²) in [4.78, 5) is 18.8. The first kappa shape index (κ1) is 13.3. The second-order valence-electron chi connectivity index (χ2n) is 4.74. The normalized spacial score (nSPS) is 13.2. The molecular formula is C13H14N4OS2.